The van der Waals surface area contributed by atoms with Crippen LogP contribution in [0, 0.1) is 10.1 Å². The summed E-state index contributed by atoms with van der Waals surface area (Å²) in [7, 11) is 2.74. The minimum atomic E-state index is -0.643. The van der Waals surface area contributed by atoms with Gasteiger partial charge < -0.3 is 19.5 Å². The molecule has 0 fully saturated rings. The van der Waals surface area contributed by atoms with E-state index in [9.17, 15) is 14.9 Å². The van der Waals surface area contributed by atoms with Gasteiger partial charge in [-0.05, 0) is 36.4 Å². The van der Waals surface area contributed by atoms with Gasteiger partial charge in [-0.2, -0.15) is 4.98 Å². The molecule has 1 N–H and O–H groups in total. The lowest BCUT2D eigenvalue weighted by molar-refractivity contribution is -0.385. The van der Waals surface area contributed by atoms with Gasteiger partial charge in [-0.1, -0.05) is 12.1 Å². The Bertz CT molecular complexity index is 1040. The van der Waals surface area contributed by atoms with Gasteiger partial charge in [0.15, 0.2) is 11.5 Å². The van der Waals surface area contributed by atoms with E-state index in [1.54, 1.807) is 36.4 Å². The number of hydrogen-bond donors (Lipinski definition) is 1. The molecule has 1 aromatic heterocycles. The summed E-state index contributed by atoms with van der Waals surface area (Å²) in [5, 5.41) is 14.5. The van der Waals surface area contributed by atoms with Crippen molar-refractivity contribution in [2.45, 2.75) is 0 Å². The molecule has 148 valence electrons. The predicted molar refractivity (Wildman–Crippen MR) is 103 cm³/mol. The number of nitrogens with one attached hydrogen (secondary N) is 1. The first kappa shape index (κ1) is 19.5. The molecule has 3 aromatic rings. The van der Waals surface area contributed by atoms with Gasteiger partial charge in [0, 0.05) is 5.69 Å². The van der Waals surface area contributed by atoms with Crippen molar-refractivity contribution in [3.05, 3.63) is 70.5 Å². The first-order valence-electron chi connectivity index (χ1n) is 8.29. The van der Waals surface area contributed by atoms with E-state index in [4.69, 9.17) is 9.47 Å². The number of nitro groups is 1. The van der Waals surface area contributed by atoms with Crippen LogP contribution in [0.25, 0.3) is 0 Å². The summed E-state index contributed by atoms with van der Waals surface area (Å²) < 4.78 is 15.4. The summed E-state index contributed by atoms with van der Waals surface area (Å²) in [6.45, 7) is 0. The van der Waals surface area contributed by atoms with Crippen LogP contribution in [0.3, 0.4) is 0 Å². The standard InChI is InChI=1S/C19H16N4O6/c1-27-14-5-3-4-6-15(14)29-18-16(23(25)26)17(20-11-21-18)22-13-9-7-12(8-10-13)19(24)28-2/h3-11H,1-2H3,(H,20,21,22). The van der Waals surface area contributed by atoms with Crippen molar-refractivity contribution in [2.75, 3.05) is 19.5 Å². The van der Waals surface area contributed by atoms with Crippen LogP contribution in [-0.4, -0.2) is 35.1 Å². The average molecular weight is 396 g/mol. The molecular formula is C19H16N4O6. The van der Waals surface area contributed by atoms with Gasteiger partial charge in [-0.3, -0.25) is 10.1 Å². The fraction of sp³-hybridized carbons (Fsp3) is 0.105. The van der Waals surface area contributed by atoms with Crippen molar-refractivity contribution < 1.29 is 23.9 Å². The Hall–Kier alpha value is -4.21. The Labute approximate surface area is 165 Å². The third-order valence-corrected chi connectivity index (χ3v) is 3.82. The second kappa shape index (κ2) is 8.65. The number of hydrogen-bond acceptors (Lipinski definition) is 9. The molecule has 0 saturated carbocycles. The molecule has 0 radical (unpaired) electrons. The summed E-state index contributed by atoms with van der Waals surface area (Å²) in [6.07, 6.45) is 1.14. The van der Waals surface area contributed by atoms with Crippen LogP contribution >= 0.6 is 0 Å². The van der Waals surface area contributed by atoms with Crippen LogP contribution in [-0.2, 0) is 4.74 Å². The molecule has 0 bridgehead atoms. The number of rotatable bonds is 7. The zero-order chi connectivity index (χ0) is 20.8. The molecule has 1 heterocycles. The van der Waals surface area contributed by atoms with Crippen molar-refractivity contribution in [1.82, 2.24) is 9.97 Å². The molecule has 0 aliphatic carbocycles. The number of para-hydroxylation sites is 2. The number of carbonyl (C=O) groups excluding carboxylic acids is 1. The average Bonchev–Trinajstić information content (AvgIpc) is 2.74. The molecule has 10 nitrogen and oxygen atoms in total. The third-order valence-electron chi connectivity index (χ3n) is 3.82. The summed E-state index contributed by atoms with van der Waals surface area (Å²) in [5.74, 6) is -0.139. The SMILES string of the molecule is COC(=O)c1ccc(Nc2ncnc(Oc3ccccc3OC)c2[N+](=O)[O-])cc1. The first-order valence-corrected chi connectivity index (χ1v) is 8.29. The lowest BCUT2D eigenvalue weighted by Gasteiger charge is -2.11. The van der Waals surface area contributed by atoms with Gasteiger partial charge >= 0.3 is 17.5 Å². The van der Waals surface area contributed by atoms with Crippen molar-refractivity contribution in [2.24, 2.45) is 0 Å². The minimum Gasteiger partial charge on any atom is -0.493 e. The molecule has 0 aliphatic rings. The van der Waals surface area contributed by atoms with Gasteiger partial charge in [0.25, 0.3) is 0 Å². The van der Waals surface area contributed by atoms with Crippen molar-refractivity contribution in [3.63, 3.8) is 0 Å². The summed E-state index contributed by atoms with van der Waals surface area (Å²) in [5.41, 5.74) is 0.369. The molecular weight excluding hydrogens is 380 g/mol. The lowest BCUT2D eigenvalue weighted by Crippen LogP contribution is -2.04. The maximum atomic E-state index is 11.7. The highest BCUT2D eigenvalue weighted by Crippen LogP contribution is 2.38. The Morgan fingerprint density at radius 2 is 1.72 bits per heavy atom. The highest BCUT2D eigenvalue weighted by atomic mass is 16.6. The predicted octanol–water partition coefficient (Wildman–Crippen LogP) is 3.72. The molecule has 0 atom stereocenters. The molecule has 10 heteroatoms. The molecule has 0 spiro atoms. The summed E-state index contributed by atoms with van der Waals surface area (Å²) in [4.78, 5) is 30.4. The molecule has 3 rings (SSSR count). The number of nitrogens with zero attached hydrogens (tertiary/aromatic N) is 3. The van der Waals surface area contributed by atoms with Gasteiger partial charge in [-0.15, -0.1) is 0 Å². The van der Waals surface area contributed by atoms with Crippen molar-refractivity contribution in [3.8, 4) is 17.4 Å². The first-order chi connectivity index (χ1) is 14.0. The van der Waals surface area contributed by atoms with Crippen molar-refractivity contribution in [1.29, 1.82) is 0 Å². The third kappa shape index (κ3) is 4.38. The lowest BCUT2D eigenvalue weighted by atomic mass is 10.2. The Balaban J connectivity index is 1.93. The number of methoxy groups -OCH3 is 2. The highest BCUT2D eigenvalue weighted by Gasteiger charge is 2.26. The fourth-order valence-corrected chi connectivity index (χ4v) is 2.44. The maximum Gasteiger partial charge on any atom is 0.373 e. The van der Waals surface area contributed by atoms with E-state index in [0.29, 0.717) is 17.0 Å². The van der Waals surface area contributed by atoms with Crippen LogP contribution in [0.4, 0.5) is 17.2 Å². The van der Waals surface area contributed by atoms with Gasteiger partial charge in [0.2, 0.25) is 5.82 Å². The largest absolute Gasteiger partial charge is 0.493 e. The number of carbonyl (C=O) groups is 1. The second-order valence-electron chi connectivity index (χ2n) is 5.58. The molecule has 0 amide bonds. The normalized spacial score (nSPS) is 10.1. The van der Waals surface area contributed by atoms with E-state index >= 15 is 0 Å². The Morgan fingerprint density at radius 3 is 2.34 bits per heavy atom. The van der Waals surface area contributed by atoms with Gasteiger partial charge in [0.05, 0.1) is 24.7 Å². The number of anilines is 2. The van der Waals surface area contributed by atoms with E-state index in [0.717, 1.165) is 6.33 Å². The zero-order valence-electron chi connectivity index (χ0n) is 15.5. The fourth-order valence-electron chi connectivity index (χ4n) is 2.44. The number of aromatic nitrogens is 2. The Kier molecular flexibility index (Phi) is 5.83. The van der Waals surface area contributed by atoms with Crippen LogP contribution in [0.2, 0.25) is 0 Å². The summed E-state index contributed by atoms with van der Waals surface area (Å²) >= 11 is 0. The van der Waals surface area contributed by atoms with E-state index < -0.39 is 16.6 Å². The number of benzene rings is 2. The topological polar surface area (TPSA) is 126 Å². The van der Waals surface area contributed by atoms with Crippen LogP contribution in [0.1, 0.15) is 10.4 Å². The minimum absolute atomic E-state index is 0.0688. The molecule has 29 heavy (non-hydrogen) atoms. The molecule has 0 aliphatic heterocycles. The zero-order valence-corrected chi connectivity index (χ0v) is 15.5. The number of ether oxygens (including phenoxy) is 3. The van der Waals surface area contributed by atoms with E-state index in [1.807, 2.05) is 0 Å². The van der Waals surface area contributed by atoms with Gasteiger partial charge in [-0.25, -0.2) is 9.78 Å². The maximum absolute atomic E-state index is 11.7. The van der Waals surface area contributed by atoms with E-state index in [1.165, 1.54) is 26.4 Å². The molecule has 0 unspecified atom stereocenters. The van der Waals surface area contributed by atoms with Crippen LogP contribution < -0.4 is 14.8 Å². The highest BCUT2D eigenvalue weighted by molar-refractivity contribution is 5.89. The van der Waals surface area contributed by atoms with Crippen LogP contribution in [0.15, 0.2) is 54.9 Å². The Morgan fingerprint density at radius 1 is 1.03 bits per heavy atom. The quantitative estimate of drug-likeness (QED) is 0.361. The molecule has 0 saturated heterocycles. The smallest absolute Gasteiger partial charge is 0.373 e. The summed E-state index contributed by atoms with van der Waals surface area (Å²) in [6, 6.07) is 12.9. The van der Waals surface area contributed by atoms with E-state index in [2.05, 4.69) is 20.0 Å². The molecule has 2 aromatic carbocycles. The van der Waals surface area contributed by atoms with Crippen molar-refractivity contribution >= 4 is 23.2 Å². The monoisotopic (exact) mass is 396 g/mol. The van der Waals surface area contributed by atoms with Crippen LogP contribution in [0.5, 0.6) is 17.4 Å². The van der Waals surface area contributed by atoms with E-state index in [-0.39, 0.29) is 17.4 Å². The second-order valence-corrected chi connectivity index (χ2v) is 5.58. The number of esters is 1. The van der Waals surface area contributed by atoms with Gasteiger partial charge in [0.1, 0.15) is 6.33 Å².